The third-order valence-corrected chi connectivity index (χ3v) is 1.87. The van der Waals surface area contributed by atoms with Gasteiger partial charge in [-0.15, -0.1) is 0 Å². The highest BCUT2D eigenvalue weighted by Gasteiger charge is 2.34. The lowest BCUT2D eigenvalue weighted by Crippen LogP contribution is -2.07. The van der Waals surface area contributed by atoms with Crippen molar-refractivity contribution in [2.75, 3.05) is 0 Å². The van der Waals surface area contributed by atoms with Gasteiger partial charge >= 0.3 is 6.18 Å². The highest BCUT2D eigenvalue weighted by atomic mass is 79.9. The second kappa shape index (κ2) is 4.32. The van der Waals surface area contributed by atoms with Crippen LogP contribution in [0, 0.1) is 5.82 Å². The summed E-state index contributed by atoms with van der Waals surface area (Å²) < 4.78 is 48.5. The van der Waals surface area contributed by atoms with Gasteiger partial charge in [-0.05, 0) is 28.1 Å². The van der Waals surface area contributed by atoms with Crippen LogP contribution in [-0.4, -0.2) is 0 Å². The van der Waals surface area contributed by atoms with Crippen molar-refractivity contribution in [2.45, 2.75) is 6.18 Å². The lowest BCUT2D eigenvalue weighted by Gasteiger charge is -2.07. The second-order valence-electron chi connectivity index (χ2n) is 2.10. The van der Waals surface area contributed by atoms with E-state index in [-0.39, 0.29) is 18.0 Å². The van der Waals surface area contributed by atoms with Gasteiger partial charge in [-0.2, -0.15) is 26.7 Å². The van der Waals surface area contributed by atoms with Gasteiger partial charge in [0.15, 0.2) is 0 Å². The van der Waals surface area contributed by atoms with E-state index in [1.54, 1.807) is 0 Å². The van der Waals surface area contributed by atoms with Gasteiger partial charge in [0, 0.05) is 0 Å². The number of halogens is 5. The van der Waals surface area contributed by atoms with Crippen LogP contribution in [0.4, 0.5) is 17.6 Å². The van der Waals surface area contributed by atoms with Crippen LogP contribution in [0.1, 0.15) is 5.56 Å². The van der Waals surface area contributed by atoms with E-state index >= 15 is 0 Å². The summed E-state index contributed by atoms with van der Waals surface area (Å²) in [5, 5.41) is 0. The molecule has 0 unspecified atom stereocenters. The van der Waals surface area contributed by atoms with Crippen LogP contribution in [0.3, 0.4) is 0 Å². The number of hydrogen-bond acceptors (Lipinski definition) is 0. The molecule has 1 aromatic carbocycles. The SMILES string of the molecule is Fc1c(Br)cccc1C(F)(F)F.S. The molecule has 1 aromatic rings. The molecule has 0 amide bonds. The number of rotatable bonds is 0. The van der Waals surface area contributed by atoms with Gasteiger partial charge in [0.1, 0.15) is 5.82 Å². The van der Waals surface area contributed by atoms with Crippen molar-refractivity contribution in [3.8, 4) is 0 Å². The van der Waals surface area contributed by atoms with Crippen LogP contribution in [-0.2, 0) is 6.18 Å². The summed E-state index contributed by atoms with van der Waals surface area (Å²) in [4.78, 5) is 0. The average Bonchev–Trinajstić information content (AvgIpc) is 1.92. The molecule has 6 heteroatoms. The summed E-state index contributed by atoms with van der Waals surface area (Å²) in [5.41, 5.74) is -1.25. The number of hydrogen-bond donors (Lipinski definition) is 0. The Hall–Kier alpha value is -0.230. The van der Waals surface area contributed by atoms with E-state index in [0.29, 0.717) is 6.07 Å². The van der Waals surface area contributed by atoms with Crippen LogP contribution in [0.25, 0.3) is 0 Å². The Morgan fingerprint density at radius 3 is 2.08 bits per heavy atom. The molecule has 0 saturated carbocycles. The quantitative estimate of drug-likeness (QED) is 0.634. The van der Waals surface area contributed by atoms with Crippen molar-refractivity contribution in [2.24, 2.45) is 0 Å². The Balaban J connectivity index is 0.00000144. The van der Waals surface area contributed by atoms with Gasteiger partial charge < -0.3 is 0 Å². The minimum absolute atomic E-state index is 0. The predicted molar refractivity (Wildman–Crippen MR) is 49.5 cm³/mol. The molecule has 0 heterocycles. The molecular weight excluding hydrogens is 272 g/mol. The molecule has 0 saturated heterocycles. The third kappa shape index (κ3) is 2.87. The fraction of sp³-hybridized carbons (Fsp3) is 0.143. The summed E-state index contributed by atoms with van der Waals surface area (Å²) in [7, 11) is 0. The standard InChI is InChI=1S/C7H3BrF4.H2S/c8-5-3-1-2-4(6(5)9)7(10,11)12;/h1-3H;1H2. The first-order chi connectivity index (χ1) is 5.43. The van der Waals surface area contributed by atoms with E-state index in [9.17, 15) is 17.6 Å². The molecule has 0 fully saturated rings. The van der Waals surface area contributed by atoms with Crippen LogP contribution in [0.15, 0.2) is 22.7 Å². The lowest BCUT2D eigenvalue weighted by atomic mass is 10.2. The van der Waals surface area contributed by atoms with E-state index in [0.717, 1.165) is 6.07 Å². The maximum absolute atomic E-state index is 12.7. The zero-order valence-electron chi connectivity index (χ0n) is 6.12. The van der Waals surface area contributed by atoms with Gasteiger partial charge in [0.2, 0.25) is 0 Å². The monoisotopic (exact) mass is 276 g/mol. The first-order valence-corrected chi connectivity index (χ1v) is 3.73. The molecular formula is C7H5BrF4S. The summed E-state index contributed by atoms with van der Waals surface area (Å²) >= 11 is 2.66. The molecule has 1 rings (SSSR count). The second-order valence-corrected chi connectivity index (χ2v) is 2.95. The van der Waals surface area contributed by atoms with Crippen molar-refractivity contribution in [3.05, 3.63) is 34.1 Å². The molecule has 0 aromatic heterocycles. The van der Waals surface area contributed by atoms with Gasteiger partial charge in [-0.1, -0.05) is 6.07 Å². The highest BCUT2D eigenvalue weighted by Crippen LogP contribution is 2.33. The van der Waals surface area contributed by atoms with Crippen LogP contribution >= 0.6 is 29.4 Å². The fourth-order valence-electron chi connectivity index (χ4n) is 0.723. The minimum atomic E-state index is -4.63. The molecule has 0 nitrogen and oxygen atoms in total. The molecule has 0 aliphatic heterocycles. The normalized spacial score (nSPS) is 10.8. The molecule has 0 aliphatic rings. The number of alkyl halides is 3. The lowest BCUT2D eigenvalue weighted by molar-refractivity contribution is -0.140. The summed E-state index contributed by atoms with van der Waals surface area (Å²) in [5.74, 6) is -1.27. The Bertz CT molecular complexity index is 297. The summed E-state index contributed by atoms with van der Waals surface area (Å²) in [6.07, 6.45) is -4.63. The average molecular weight is 277 g/mol. The maximum atomic E-state index is 12.7. The van der Waals surface area contributed by atoms with Crippen molar-refractivity contribution in [3.63, 3.8) is 0 Å². The van der Waals surface area contributed by atoms with Crippen molar-refractivity contribution >= 4 is 29.4 Å². The Morgan fingerprint density at radius 2 is 1.69 bits per heavy atom. The molecule has 0 bridgehead atoms. The Labute approximate surface area is 87.5 Å². The molecule has 0 atom stereocenters. The van der Waals surface area contributed by atoms with Crippen molar-refractivity contribution in [1.29, 1.82) is 0 Å². The topological polar surface area (TPSA) is 0 Å². The Kier molecular flexibility index (Phi) is 4.25. The molecule has 0 radical (unpaired) electrons. The zero-order chi connectivity index (χ0) is 9.35. The van der Waals surface area contributed by atoms with E-state index in [1.807, 2.05) is 0 Å². The highest BCUT2D eigenvalue weighted by molar-refractivity contribution is 9.10. The maximum Gasteiger partial charge on any atom is 0.419 e. The van der Waals surface area contributed by atoms with E-state index < -0.39 is 17.6 Å². The predicted octanol–water partition coefficient (Wildman–Crippen LogP) is 3.72. The van der Waals surface area contributed by atoms with Gasteiger partial charge in [-0.3, -0.25) is 0 Å². The van der Waals surface area contributed by atoms with E-state index in [1.165, 1.54) is 6.07 Å². The fourth-order valence-corrected chi connectivity index (χ4v) is 1.09. The Morgan fingerprint density at radius 1 is 1.15 bits per heavy atom. The third-order valence-electron chi connectivity index (χ3n) is 1.26. The van der Waals surface area contributed by atoms with Crippen LogP contribution in [0.5, 0.6) is 0 Å². The molecule has 0 spiro atoms. The van der Waals surface area contributed by atoms with Crippen LogP contribution in [0.2, 0.25) is 0 Å². The molecule has 74 valence electrons. The largest absolute Gasteiger partial charge is 0.419 e. The number of benzene rings is 1. The molecule has 0 N–H and O–H groups in total. The minimum Gasteiger partial charge on any atom is -0.205 e. The van der Waals surface area contributed by atoms with Gasteiger partial charge in [-0.25, -0.2) is 4.39 Å². The van der Waals surface area contributed by atoms with Gasteiger partial charge in [0.05, 0.1) is 10.0 Å². The molecule has 0 aliphatic carbocycles. The van der Waals surface area contributed by atoms with Crippen molar-refractivity contribution < 1.29 is 17.6 Å². The smallest absolute Gasteiger partial charge is 0.205 e. The van der Waals surface area contributed by atoms with E-state index in [4.69, 9.17) is 0 Å². The first kappa shape index (κ1) is 12.8. The van der Waals surface area contributed by atoms with Crippen LogP contribution < -0.4 is 0 Å². The summed E-state index contributed by atoms with van der Waals surface area (Å²) in [6.45, 7) is 0. The van der Waals surface area contributed by atoms with E-state index in [2.05, 4.69) is 15.9 Å². The molecule has 13 heavy (non-hydrogen) atoms. The first-order valence-electron chi connectivity index (χ1n) is 2.94. The van der Waals surface area contributed by atoms with Gasteiger partial charge in [0.25, 0.3) is 0 Å². The summed E-state index contributed by atoms with van der Waals surface area (Å²) in [6, 6.07) is 3.04. The zero-order valence-corrected chi connectivity index (χ0v) is 8.71. The van der Waals surface area contributed by atoms with Crippen molar-refractivity contribution in [1.82, 2.24) is 0 Å².